The number of hydrogen-bond acceptors (Lipinski definition) is 6. The Kier molecular flexibility index (Phi) is 14.8. The molecule has 0 aromatic rings. The summed E-state index contributed by atoms with van der Waals surface area (Å²) in [6.07, 6.45) is 0.419. The summed E-state index contributed by atoms with van der Waals surface area (Å²) in [6, 6.07) is 0. The fourth-order valence-corrected chi connectivity index (χ4v) is 0.620. The summed E-state index contributed by atoms with van der Waals surface area (Å²) < 4.78 is 0. The van der Waals surface area contributed by atoms with Gasteiger partial charge in [-0.15, -0.1) is 0 Å². The van der Waals surface area contributed by atoms with Crippen LogP contribution in [0.5, 0.6) is 0 Å². The Bertz CT molecular complexity index is 93.3. The molecule has 0 bridgehead atoms. The highest BCUT2D eigenvalue weighted by Gasteiger charge is 1.95. The molecule has 0 aliphatic rings. The van der Waals surface area contributed by atoms with E-state index in [0.29, 0.717) is 39.0 Å². The number of aliphatic hydroxyl groups excluding tert-OH is 2. The zero-order chi connectivity index (χ0) is 11.4. The van der Waals surface area contributed by atoms with E-state index in [2.05, 4.69) is 0 Å². The van der Waals surface area contributed by atoms with Crippen LogP contribution in [0.4, 0.5) is 0 Å². The highest BCUT2D eigenvalue weighted by atomic mass is 16.3. The van der Waals surface area contributed by atoms with Crippen LogP contribution in [0.15, 0.2) is 0 Å². The third-order valence-electron chi connectivity index (χ3n) is 1.54. The maximum Gasteiger partial charge on any atom is 0.0674 e. The summed E-state index contributed by atoms with van der Waals surface area (Å²) in [5.41, 5.74) is 20.3. The van der Waals surface area contributed by atoms with Crippen molar-refractivity contribution in [2.24, 2.45) is 22.9 Å². The lowest BCUT2D eigenvalue weighted by atomic mass is 10.3. The normalized spacial score (nSPS) is 14.1. The number of hydrogen-bond donors (Lipinski definition) is 6. The second-order valence-corrected chi connectivity index (χ2v) is 2.93. The lowest BCUT2D eigenvalue weighted by molar-refractivity contribution is 0.175. The number of rotatable bonds is 6. The van der Waals surface area contributed by atoms with Gasteiger partial charge in [-0.2, -0.15) is 0 Å². The van der Waals surface area contributed by atoms with E-state index in [4.69, 9.17) is 33.1 Å². The Morgan fingerprint density at radius 1 is 0.714 bits per heavy atom. The molecular weight excluding hydrogens is 184 g/mol. The van der Waals surface area contributed by atoms with Crippen LogP contribution in [0.25, 0.3) is 0 Å². The predicted molar refractivity (Wildman–Crippen MR) is 57.5 cm³/mol. The molecule has 2 atom stereocenters. The van der Waals surface area contributed by atoms with Gasteiger partial charge in [0.15, 0.2) is 0 Å². The van der Waals surface area contributed by atoms with Crippen LogP contribution in [0, 0.1) is 0 Å². The zero-order valence-electron chi connectivity index (χ0n) is 8.60. The summed E-state index contributed by atoms with van der Waals surface area (Å²) in [7, 11) is 0. The highest BCUT2D eigenvalue weighted by Crippen LogP contribution is 1.82. The maximum absolute atomic E-state index is 8.65. The minimum absolute atomic E-state index is 0.317. The van der Waals surface area contributed by atoms with E-state index in [1.165, 1.54) is 0 Å². The topological polar surface area (TPSA) is 145 Å². The molecule has 88 valence electrons. The minimum atomic E-state index is -0.398. The summed E-state index contributed by atoms with van der Waals surface area (Å²) in [5, 5.41) is 17.3. The average Bonchev–Trinajstić information content (AvgIpc) is 2.19. The van der Waals surface area contributed by atoms with Gasteiger partial charge in [0, 0.05) is 13.1 Å². The third-order valence-corrected chi connectivity index (χ3v) is 1.54. The van der Waals surface area contributed by atoms with Gasteiger partial charge in [0.25, 0.3) is 0 Å². The van der Waals surface area contributed by atoms with E-state index in [1.807, 2.05) is 0 Å². The fraction of sp³-hybridized carbons (Fsp3) is 1.00. The Hall–Kier alpha value is -0.240. The van der Waals surface area contributed by atoms with Crippen LogP contribution in [-0.4, -0.2) is 48.6 Å². The Labute approximate surface area is 85.2 Å². The first kappa shape index (κ1) is 16.2. The summed E-state index contributed by atoms with van der Waals surface area (Å²) >= 11 is 0. The van der Waals surface area contributed by atoms with Gasteiger partial charge in [-0.1, -0.05) is 0 Å². The highest BCUT2D eigenvalue weighted by molar-refractivity contribution is 4.54. The molecular formula is C8H24N4O2. The van der Waals surface area contributed by atoms with E-state index in [0.717, 1.165) is 0 Å². The van der Waals surface area contributed by atoms with Crippen LogP contribution in [0.1, 0.15) is 12.8 Å². The van der Waals surface area contributed by atoms with Gasteiger partial charge in [0.05, 0.1) is 12.2 Å². The summed E-state index contributed by atoms with van der Waals surface area (Å²) in [4.78, 5) is 0. The van der Waals surface area contributed by atoms with Crippen LogP contribution in [-0.2, 0) is 0 Å². The third kappa shape index (κ3) is 14.3. The number of nitrogens with two attached hydrogens (primary N) is 4. The van der Waals surface area contributed by atoms with Crippen molar-refractivity contribution in [3.05, 3.63) is 0 Å². The smallest absolute Gasteiger partial charge is 0.0674 e. The molecule has 0 aromatic heterocycles. The van der Waals surface area contributed by atoms with Crippen LogP contribution in [0.3, 0.4) is 0 Å². The van der Waals surface area contributed by atoms with Gasteiger partial charge in [-0.05, 0) is 25.9 Å². The molecule has 0 radical (unpaired) electrons. The molecule has 0 aliphatic heterocycles. The first-order valence-corrected chi connectivity index (χ1v) is 4.78. The quantitative estimate of drug-likeness (QED) is 0.280. The van der Waals surface area contributed by atoms with E-state index >= 15 is 0 Å². The standard InChI is InChI=1S/2C4H12N2O/c2*5-2-1-4(7)3-6/h2*4,7H,1-3,5-6H2. The molecule has 2 unspecified atom stereocenters. The van der Waals surface area contributed by atoms with Crippen molar-refractivity contribution in [3.8, 4) is 0 Å². The zero-order valence-corrected chi connectivity index (χ0v) is 8.60. The first-order valence-electron chi connectivity index (χ1n) is 4.78. The van der Waals surface area contributed by atoms with E-state index in [1.54, 1.807) is 0 Å². The van der Waals surface area contributed by atoms with Gasteiger partial charge in [-0.3, -0.25) is 0 Å². The van der Waals surface area contributed by atoms with E-state index in [-0.39, 0.29) is 0 Å². The monoisotopic (exact) mass is 208 g/mol. The molecule has 6 nitrogen and oxygen atoms in total. The van der Waals surface area contributed by atoms with Gasteiger partial charge >= 0.3 is 0 Å². The molecule has 0 amide bonds. The SMILES string of the molecule is NCCC(O)CN.NCCC(O)CN. The van der Waals surface area contributed by atoms with Crippen molar-refractivity contribution >= 4 is 0 Å². The van der Waals surface area contributed by atoms with Gasteiger partial charge < -0.3 is 33.1 Å². The molecule has 0 fully saturated rings. The molecule has 0 heterocycles. The fourth-order valence-electron chi connectivity index (χ4n) is 0.620. The molecule has 0 aliphatic carbocycles. The Morgan fingerprint density at radius 2 is 1.00 bits per heavy atom. The first-order chi connectivity index (χ1) is 6.62. The van der Waals surface area contributed by atoms with Crippen molar-refractivity contribution in [1.29, 1.82) is 0 Å². The molecule has 0 saturated carbocycles. The largest absolute Gasteiger partial charge is 0.392 e. The van der Waals surface area contributed by atoms with Crippen molar-refractivity contribution in [3.63, 3.8) is 0 Å². The summed E-state index contributed by atoms with van der Waals surface area (Å²) in [6.45, 7) is 1.66. The molecule has 0 spiro atoms. The van der Waals surface area contributed by atoms with Crippen molar-refractivity contribution in [2.75, 3.05) is 26.2 Å². The lowest BCUT2D eigenvalue weighted by Gasteiger charge is -2.01. The maximum atomic E-state index is 8.65. The average molecular weight is 208 g/mol. The predicted octanol–water partition coefficient (Wildman–Crippen LogP) is -2.69. The van der Waals surface area contributed by atoms with E-state index in [9.17, 15) is 0 Å². The summed E-state index contributed by atoms with van der Waals surface area (Å²) in [5.74, 6) is 0. The second kappa shape index (κ2) is 12.8. The minimum Gasteiger partial charge on any atom is -0.392 e. The van der Waals surface area contributed by atoms with E-state index < -0.39 is 12.2 Å². The lowest BCUT2D eigenvalue weighted by Crippen LogP contribution is -2.22. The molecule has 14 heavy (non-hydrogen) atoms. The van der Waals surface area contributed by atoms with Crippen LogP contribution < -0.4 is 22.9 Å². The van der Waals surface area contributed by atoms with Crippen molar-refractivity contribution in [2.45, 2.75) is 25.0 Å². The second-order valence-electron chi connectivity index (χ2n) is 2.93. The molecule has 0 saturated heterocycles. The molecule has 0 aromatic carbocycles. The van der Waals surface area contributed by atoms with Gasteiger partial charge in [0.2, 0.25) is 0 Å². The Morgan fingerprint density at radius 3 is 1.07 bits per heavy atom. The molecule has 0 rings (SSSR count). The van der Waals surface area contributed by atoms with Crippen molar-refractivity contribution in [1.82, 2.24) is 0 Å². The van der Waals surface area contributed by atoms with Crippen LogP contribution in [0.2, 0.25) is 0 Å². The van der Waals surface area contributed by atoms with Crippen LogP contribution >= 0.6 is 0 Å². The van der Waals surface area contributed by atoms with Crippen molar-refractivity contribution < 1.29 is 10.2 Å². The van der Waals surface area contributed by atoms with Gasteiger partial charge in [-0.25, -0.2) is 0 Å². The molecule has 6 heteroatoms. The Balaban J connectivity index is 0. The molecule has 10 N–H and O–H groups in total. The number of aliphatic hydroxyl groups is 2. The van der Waals surface area contributed by atoms with Gasteiger partial charge in [0.1, 0.15) is 0 Å².